The van der Waals surface area contributed by atoms with Crippen molar-refractivity contribution in [2.75, 3.05) is 0 Å². The summed E-state index contributed by atoms with van der Waals surface area (Å²) in [5.41, 5.74) is 1.99. The second-order valence-electron chi connectivity index (χ2n) is 3.72. The molecule has 3 heteroatoms. The van der Waals surface area contributed by atoms with Gasteiger partial charge in [0, 0.05) is 5.56 Å². The summed E-state index contributed by atoms with van der Waals surface area (Å²) < 4.78 is 10.5. The first-order chi connectivity index (χ1) is 7.27. The standard InChI is InChI=1S/C12H15NO2/c1-9-12(10(2)15-13-9)7-6-11-5-3-4-8-14-11/h4,6-8,11H,3,5H2,1-2H3. The molecule has 0 spiro atoms. The topological polar surface area (TPSA) is 35.3 Å². The smallest absolute Gasteiger partial charge is 0.141 e. The average molecular weight is 205 g/mol. The molecule has 1 aromatic heterocycles. The van der Waals surface area contributed by atoms with E-state index in [-0.39, 0.29) is 6.10 Å². The maximum atomic E-state index is 5.44. The number of hydrogen-bond acceptors (Lipinski definition) is 3. The summed E-state index contributed by atoms with van der Waals surface area (Å²) >= 11 is 0. The molecule has 1 aliphatic heterocycles. The molecule has 0 N–H and O–H groups in total. The third kappa shape index (κ3) is 2.29. The van der Waals surface area contributed by atoms with E-state index in [1.165, 1.54) is 0 Å². The molecule has 0 bridgehead atoms. The molecule has 0 fully saturated rings. The van der Waals surface area contributed by atoms with Crippen LogP contribution in [0.1, 0.15) is 29.9 Å². The van der Waals surface area contributed by atoms with Gasteiger partial charge >= 0.3 is 0 Å². The lowest BCUT2D eigenvalue weighted by atomic mass is 10.1. The molecule has 0 saturated heterocycles. The Morgan fingerprint density at radius 1 is 1.47 bits per heavy atom. The molecule has 0 aromatic carbocycles. The molecule has 1 atom stereocenters. The molecule has 0 amide bonds. The van der Waals surface area contributed by atoms with Crippen molar-refractivity contribution >= 4 is 6.08 Å². The van der Waals surface area contributed by atoms with Gasteiger partial charge in [0.1, 0.15) is 11.9 Å². The molecule has 0 saturated carbocycles. The van der Waals surface area contributed by atoms with Crippen molar-refractivity contribution in [2.45, 2.75) is 32.8 Å². The number of aryl methyl sites for hydroxylation is 2. The van der Waals surface area contributed by atoms with Crippen LogP contribution >= 0.6 is 0 Å². The number of aromatic nitrogens is 1. The second-order valence-corrected chi connectivity index (χ2v) is 3.72. The highest BCUT2D eigenvalue weighted by molar-refractivity contribution is 5.53. The molecule has 2 rings (SSSR count). The second kappa shape index (κ2) is 4.34. The minimum absolute atomic E-state index is 0.184. The van der Waals surface area contributed by atoms with Crippen molar-refractivity contribution in [3.63, 3.8) is 0 Å². The summed E-state index contributed by atoms with van der Waals surface area (Å²) in [5.74, 6) is 0.857. The first-order valence-electron chi connectivity index (χ1n) is 5.19. The zero-order valence-electron chi connectivity index (χ0n) is 9.06. The highest BCUT2D eigenvalue weighted by atomic mass is 16.5. The third-order valence-electron chi connectivity index (χ3n) is 2.53. The van der Waals surface area contributed by atoms with Crippen LogP contribution in [0.4, 0.5) is 0 Å². The Bertz CT molecular complexity index is 371. The lowest BCUT2D eigenvalue weighted by Gasteiger charge is -2.15. The van der Waals surface area contributed by atoms with E-state index in [9.17, 15) is 0 Å². The van der Waals surface area contributed by atoms with Crippen LogP contribution in [0.15, 0.2) is 22.9 Å². The fourth-order valence-electron chi connectivity index (χ4n) is 1.63. The van der Waals surface area contributed by atoms with Crippen LogP contribution in [0.3, 0.4) is 0 Å². The van der Waals surface area contributed by atoms with E-state index in [1.54, 1.807) is 6.26 Å². The Morgan fingerprint density at radius 3 is 2.93 bits per heavy atom. The van der Waals surface area contributed by atoms with Gasteiger partial charge in [-0.05, 0) is 44.9 Å². The Hall–Kier alpha value is -1.51. The van der Waals surface area contributed by atoms with E-state index in [0.717, 1.165) is 29.9 Å². The van der Waals surface area contributed by atoms with Crippen LogP contribution in [0.5, 0.6) is 0 Å². The fourth-order valence-corrected chi connectivity index (χ4v) is 1.63. The van der Waals surface area contributed by atoms with Gasteiger partial charge in [0.05, 0.1) is 12.0 Å². The lowest BCUT2D eigenvalue weighted by Crippen LogP contribution is -2.08. The van der Waals surface area contributed by atoms with E-state index in [4.69, 9.17) is 9.26 Å². The predicted octanol–water partition coefficient (Wildman–Crippen LogP) is 3.00. The van der Waals surface area contributed by atoms with E-state index >= 15 is 0 Å². The van der Waals surface area contributed by atoms with Gasteiger partial charge in [-0.25, -0.2) is 0 Å². The van der Waals surface area contributed by atoms with Crippen molar-refractivity contribution in [2.24, 2.45) is 0 Å². The molecular formula is C12H15NO2. The van der Waals surface area contributed by atoms with E-state index in [2.05, 4.69) is 11.2 Å². The van der Waals surface area contributed by atoms with Crippen molar-refractivity contribution in [1.82, 2.24) is 5.16 Å². The van der Waals surface area contributed by atoms with Crippen LogP contribution in [0.25, 0.3) is 6.08 Å². The predicted molar refractivity (Wildman–Crippen MR) is 58.3 cm³/mol. The van der Waals surface area contributed by atoms with Crippen LogP contribution < -0.4 is 0 Å². The summed E-state index contributed by atoms with van der Waals surface area (Å²) in [5, 5.41) is 3.90. The van der Waals surface area contributed by atoms with Crippen LogP contribution in [0.2, 0.25) is 0 Å². The molecule has 3 nitrogen and oxygen atoms in total. The van der Waals surface area contributed by atoms with Crippen molar-refractivity contribution in [3.8, 4) is 0 Å². The van der Waals surface area contributed by atoms with E-state index < -0.39 is 0 Å². The van der Waals surface area contributed by atoms with Gasteiger partial charge in [-0.3, -0.25) is 0 Å². The third-order valence-corrected chi connectivity index (χ3v) is 2.53. The maximum Gasteiger partial charge on any atom is 0.141 e. The summed E-state index contributed by atoms with van der Waals surface area (Å²) in [6.45, 7) is 3.86. The molecule has 80 valence electrons. The Morgan fingerprint density at radius 2 is 2.33 bits per heavy atom. The van der Waals surface area contributed by atoms with Gasteiger partial charge < -0.3 is 9.26 Å². The van der Waals surface area contributed by atoms with Gasteiger partial charge in [-0.15, -0.1) is 0 Å². The highest BCUT2D eigenvalue weighted by Gasteiger charge is 2.09. The molecule has 0 aliphatic carbocycles. The van der Waals surface area contributed by atoms with Crippen molar-refractivity contribution < 1.29 is 9.26 Å². The fraction of sp³-hybridized carbons (Fsp3) is 0.417. The quantitative estimate of drug-likeness (QED) is 0.744. The van der Waals surface area contributed by atoms with E-state index in [0.29, 0.717) is 0 Å². The maximum absolute atomic E-state index is 5.44. The van der Waals surface area contributed by atoms with E-state index in [1.807, 2.05) is 26.0 Å². The molecule has 2 heterocycles. The normalized spacial score (nSPS) is 20.8. The number of hydrogen-bond donors (Lipinski definition) is 0. The SMILES string of the molecule is Cc1noc(C)c1C=CC1CCC=CO1. The minimum atomic E-state index is 0.184. The van der Waals surface area contributed by atoms with Crippen molar-refractivity contribution in [1.29, 1.82) is 0 Å². The van der Waals surface area contributed by atoms with Gasteiger partial charge in [0.15, 0.2) is 0 Å². The highest BCUT2D eigenvalue weighted by Crippen LogP contribution is 2.17. The summed E-state index contributed by atoms with van der Waals surface area (Å²) in [6.07, 6.45) is 10.2. The minimum Gasteiger partial charge on any atom is -0.494 e. The van der Waals surface area contributed by atoms with Gasteiger partial charge in [0.25, 0.3) is 0 Å². The Kier molecular flexibility index (Phi) is 2.90. The van der Waals surface area contributed by atoms with Crippen LogP contribution in [-0.4, -0.2) is 11.3 Å². The van der Waals surface area contributed by atoms with Gasteiger partial charge in [-0.2, -0.15) is 0 Å². The number of nitrogens with zero attached hydrogens (tertiary/aromatic N) is 1. The lowest BCUT2D eigenvalue weighted by molar-refractivity contribution is 0.166. The largest absolute Gasteiger partial charge is 0.494 e. The molecule has 1 aromatic rings. The summed E-state index contributed by atoms with van der Waals surface area (Å²) in [7, 11) is 0. The Balaban J connectivity index is 2.07. The monoisotopic (exact) mass is 205 g/mol. The molecule has 15 heavy (non-hydrogen) atoms. The van der Waals surface area contributed by atoms with Crippen molar-refractivity contribution in [3.05, 3.63) is 35.4 Å². The molecule has 0 radical (unpaired) electrons. The zero-order valence-corrected chi connectivity index (χ0v) is 9.06. The molecular weight excluding hydrogens is 190 g/mol. The average Bonchev–Trinajstić information content (AvgIpc) is 2.58. The summed E-state index contributed by atoms with van der Waals surface area (Å²) in [4.78, 5) is 0. The van der Waals surface area contributed by atoms with Gasteiger partial charge in [0.2, 0.25) is 0 Å². The number of allylic oxidation sites excluding steroid dienone is 1. The Labute approximate surface area is 89.4 Å². The molecule has 1 aliphatic rings. The first kappa shape index (κ1) is 10.0. The van der Waals surface area contributed by atoms with Crippen LogP contribution in [-0.2, 0) is 4.74 Å². The number of rotatable bonds is 2. The molecule has 1 unspecified atom stereocenters. The number of ether oxygens (including phenoxy) is 1. The van der Waals surface area contributed by atoms with Gasteiger partial charge in [-0.1, -0.05) is 5.16 Å². The summed E-state index contributed by atoms with van der Waals surface area (Å²) in [6, 6.07) is 0. The first-order valence-corrected chi connectivity index (χ1v) is 5.19. The zero-order chi connectivity index (χ0) is 10.7. The van der Waals surface area contributed by atoms with Crippen LogP contribution in [0, 0.1) is 13.8 Å².